The Morgan fingerprint density at radius 3 is 2.67 bits per heavy atom. The minimum absolute atomic E-state index is 0.0148. The van der Waals surface area contributed by atoms with E-state index in [0.29, 0.717) is 25.4 Å². The molecule has 116 valence electrons. The highest BCUT2D eigenvalue weighted by Gasteiger charge is 2.34. The van der Waals surface area contributed by atoms with Crippen LogP contribution in [0.1, 0.15) is 55.9 Å². The van der Waals surface area contributed by atoms with Gasteiger partial charge in [-0.1, -0.05) is 27.7 Å². The van der Waals surface area contributed by atoms with E-state index in [9.17, 15) is 9.59 Å². The van der Waals surface area contributed by atoms with Gasteiger partial charge in [-0.25, -0.2) is 0 Å². The predicted molar refractivity (Wildman–Crippen MR) is 83.4 cm³/mol. The van der Waals surface area contributed by atoms with Crippen molar-refractivity contribution in [1.82, 2.24) is 9.88 Å². The molecule has 0 bridgehead atoms. The van der Waals surface area contributed by atoms with Crippen molar-refractivity contribution in [1.29, 1.82) is 0 Å². The normalized spacial score (nSPS) is 17.0. The molecule has 1 N–H and O–H groups in total. The summed E-state index contributed by atoms with van der Waals surface area (Å²) in [5.74, 6) is 0.654. The molecule has 0 aromatic carbocycles. The topological polar surface area (TPSA) is 51.1 Å². The van der Waals surface area contributed by atoms with Crippen molar-refractivity contribution in [3.8, 4) is 0 Å². The molecular formula is C17H26N2O2. The molecule has 1 heterocycles. The number of ketones is 1. The fourth-order valence-corrected chi connectivity index (χ4v) is 2.94. The van der Waals surface area contributed by atoms with Gasteiger partial charge in [0, 0.05) is 29.9 Å². The molecule has 1 aromatic heterocycles. The van der Waals surface area contributed by atoms with Crippen molar-refractivity contribution in [3.05, 3.63) is 23.0 Å². The number of rotatable bonds is 4. The van der Waals surface area contributed by atoms with E-state index in [2.05, 4.69) is 33.0 Å². The molecule has 1 aliphatic carbocycles. The lowest BCUT2D eigenvalue weighted by Gasteiger charge is -2.29. The van der Waals surface area contributed by atoms with Crippen molar-refractivity contribution < 1.29 is 9.59 Å². The molecule has 4 heteroatoms. The Bertz CT molecular complexity index is 568. The number of Topliss-reactive ketones (excluding diaryl/α,β-unsaturated/α-hetero) is 1. The van der Waals surface area contributed by atoms with Crippen LogP contribution >= 0.6 is 0 Å². The Labute approximate surface area is 126 Å². The Kier molecular flexibility index (Phi) is 4.26. The largest absolute Gasteiger partial charge is 0.354 e. The summed E-state index contributed by atoms with van der Waals surface area (Å²) in [6.45, 7) is 11.3. The van der Waals surface area contributed by atoms with E-state index in [1.54, 1.807) is 0 Å². The summed E-state index contributed by atoms with van der Waals surface area (Å²) in [7, 11) is 0. The Morgan fingerprint density at radius 2 is 2.05 bits per heavy atom. The standard InChI is InChI=1S/C17H26N2O2/c1-11(2)9-18-16(21)10-19-12(3)6-13-14(19)7-17(4,5)8-15(13)20/h6,11H,7-10H2,1-5H3,(H,18,21). The second kappa shape index (κ2) is 5.66. The minimum atomic E-state index is -0.0268. The van der Waals surface area contributed by atoms with E-state index in [0.717, 1.165) is 23.4 Å². The molecular weight excluding hydrogens is 264 g/mol. The van der Waals surface area contributed by atoms with Crippen molar-refractivity contribution in [2.45, 2.75) is 54.0 Å². The average Bonchev–Trinajstić information content (AvgIpc) is 2.63. The van der Waals surface area contributed by atoms with E-state index in [-0.39, 0.29) is 17.1 Å². The smallest absolute Gasteiger partial charge is 0.239 e. The van der Waals surface area contributed by atoms with Gasteiger partial charge in [0.25, 0.3) is 0 Å². The van der Waals surface area contributed by atoms with Crippen LogP contribution in [0.3, 0.4) is 0 Å². The van der Waals surface area contributed by atoms with E-state index >= 15 is 0 Å². The van der Waals surface area contributed by atoms with E-state index < -0.39 is 0 Å². The maximum atomic E-state index is 12.3. The first-order chi connectivity index (χ1) is 9.69. The van der Waals surface area contributed by atoms with Gasteiger partial charge in [-0.2, -0.15) is 0 Å². The molecule has 0 saturated carbocycles. The van der Waals surface area contributed by atoms with Gasteiger partial charge in [0.15, 0.2) is 5.78 Å². The van der Waals surface area contributed by atoms with Crippen molar-refractivity contribution in [3.63, 3.8) is 0 Å². The molecule has 21 heavy (non-hydrogen) atoms. The van der Waals surface area contributed by atoms with Crippen LogP contribution in [-0.2, 0) is 17.8 Å². The molecule has 1 aliphatic rings. The molecule has 0 spiro atoms. The number of amides is 1. The zero-order chi connectivity index (χ0) is 15.8. The predicted octanol–water partition coefficient (Wildman–Crippen LogP) is 2.72. The Morgan fingerprint density at radius 1 is 1.38 bits per heavy atom. The maximum Gasteiger partial charge on any atom is 0.239 e. The monoisotopic (exact) mass is 290 g/mol. The van der Waals surface area contributed by atoms with Crippen molar-refractivity contribution in [2.24, 2.45) is 11.3 Å². The highest BCUT2D eigenvalue weighted by molar-refractivity contribution is 5.99. The molecule has 0 unspecified atom stereocenters. The van der Waals surface area contributed by atoms with Crippen LogP contribution in [0.2, 0.25) is 0 Å². The third kappa shape index (κ3) is 3.55. The fraction of sp³-hybridized carbons (Fsp3) is 0.647. The zero-order valence-electron chi connectivity index (χ0n) is 13.7. The quantitative estimate of drug-likeness (QED) is 0.927. The summed E-state index contributed by atoms with van der Waals surface area (Å²) in [5.41, 5.74) is 2.80. The van der Waals surface area contributed by atoms with Crippen LogP contribution in [0.4, 0.5) is 0 Å². The van der Waals surface area contributed by atoms with Gasteiger partial charge in [0.1, 0.15) is 6.54 Å². The number of aromatic nitrogens is 1. The van der Waals surface area contributed by atoms with Crippen LogP contribution in [0, 0.1) is 18.3 Å². The lowest BCUT2D eigenvalue weighted by atomic mass is 9.76. The first kappa shape index (κ1) is 15.8. The van der Waals surface area contributed by atoms with Gasteiger partial charge in [0.05, 0.1) is 0 Å². The number of fused-ring (bicyclic) bond motifs is 1. The fourth-order valence-electron chi connectivity index (χ4n) is 2.94. The second-order valence-corrected chi connectivity index (χ2v) is 7.37. The molecule has 1 aromatic rings. The van der Waals surface area contributed by atoms with Crippen LogP contribution < -0.4 is 5.32 Å². The number of hydrogen-bond acceptors (Lipinski definition) is 2. The summed E-state index contributed by atoms with van der Waals surface area (Å²) in [5, 5.41) is 2.94. The third-order valence-corrected chi connectivity index (χ3v) is 4.01. The number of carbonyl (C=O) groups is 2. The molecule has 0 atom stereocenters. The van der Waals surface area contributed by atoms with Gasteiger partial charge in [-0.15, -0.1) is 0 Å². The first-order valence-corrected chi connectivity index (χ1v) is 7.68. The summed E-state index contributed by atoms with van der Waals surface area (Å²) in [6, 6.07) is 1.93. The summed E-state index contributed by atoms with van der Waals surface area (Å²) >= 11 is 0. The highest BCUT2D eigenvalue weighted by Crippen LogP contribution is 2.36. The molecule has 0 fully saturated rings. The lowest BCUT2D eigenvalue weighted by molar-refractivity contribution is -0.121. The van der Waals surface area contributed by atoms with Gasteiger partial charge in [-0.3, -0.25) is 9.59 Å². The van der Waals surface area contributed by atoms with Crippen LogP contribution in [0.5, 0.6) is 0 Å². The van der Waals surface area contributed by atoms with Crippen LogP contribution in [0.25, 0.3) is 0 Å². The first-order valence-electron chi connectivity index (χ1n) is 7.68. The highest BCUT2D eigenvalue weighted by atomic mass is 16.2. The minimum Gasteiger partial charge on any atom is -0.354 e. The lowest BCUT2D eigenvalue weighted by Crippen LogP contribution is -2.33. The number of nitrogens with zero attached hydrogens (tertiary/aromatic N) is 1. The molecule has 1 amide bonds. The maximum absolute atomic E-state index is 12.3. The third-order valence-electron chi connectivity index (χ3n) is 4.01. The molecule has 4 nitrogen and oxygen atoms in total. The summed E-state index contributed by atoms with van der Waals surface area (Å²) in [6.07, 6.45) is 1.43. The zero-order valence-corrected chi connectivity index (χ0v) is 13.7. The summed E-state index contributed by atoms with van der Waals surface area (Å²) < 4.78 is 2.00. The molecule has 0 radical (unpaired) electrons. The van der Waals surface area contributed by atoms with E-state index in [1.165, 1.54) is 0 Å². The van der Waals surface area contributed by atoms with Crippen LogP contribution in [0.15, 0.2) is 6.07 Å². The van der Waals surface area contributed by atoms with Crippen molar-refractivity contribution >= 4 is 11.7 Å². The van der Waals surface area contributed by atoms with Gasteiger partial charge >= 0.3 is 0 Å². The number of aryl methyl sites for hydroxylation is 1. The van der Waals surface area contributed by atoms with Crippen LogP contribution in [-0.4, -0.2) is 22.8 Å². The summed E-state index contributed by atoms with van der Waals surface area (Å²) in [4.78, 5) is 24.3. The van der Waals surface area contributed by atoms with E-state index in [4.69, 9.17) is 0 Å². The Hall–Kier alpha value is -1.58. The second-order valence-electron chi connectivity index (χ2n) is 7.37. The Balaban J connectivity index is 2.22. The van der Waals surface area contributed by atoms with Crippen molar-refractivity contribution in [2.75, 3.05) is 6.54 Å². The number of carbonyl (C=O) groups excluding carboxylic acids is 2. The van der Waals surface area contributed by atoms with Gasteiger partial charge in [0.2, 0.25) is 5.91 Å². The SMILES string of the molecule is Cc1cc2c(n1CC(=O)NCC(C)C)CC(C)(C)CC2=O. The molecule has 0 aliphatic heterocycles. The molecule has 0 saturated heterocycles. The van der Waals surface area contributed by atoms with E-state index in [1.807, 2.05) is 17.6 Å². The average molecular weight is 290 g/mol. The number of hydrogen-bond donors (Lipinski definition) is 1. The molecule has 2 rings (SSSR count). The van der Waals surface area contributed by atoms with Gasteiger partial charge < -0.3 is 9.88 Å². The van der Waals surface area contributed by atoms with Gasteiger partial charge in [-0.05, 0) is 30.7 Å². The number of nitrogens with one attached hydrogen (secondary N) is 1.